The Hall–Kier alpha value is -0.120. The zero-order valence-electron chi connectivity index (χ0n) is 9.74. The molecule has 1 N–H and O–H groups in total. The van der Waals surface area contributed by atoms with Gasteiger partial charge >= 0.3 is 0 Å². The van der Waals surface area contributed by atoms with E-state index in [0.29, 0.717) is 6.04 Å². The van der Waals surface area contributed by atoms with Crippen molar-refractivity contribution in [3.8, 4) is 0 Å². The molecule has 1 unspecified atom stereocenters. The molecule has 1 saturated carbocycles. The van der Waals surface area contributed by atoms with Crippen LogP contribution in [0.1, 0.15) is 38.5 Å². The van der Waals surface area contributed by atoms with Crippen LogP contribution in [0.5, 0.6) is 0 Å². The molecular formula is C12H23NO2. The van der Waals surface area contributed by atoms with Crippen LogP contribution in [0, 0.1) is 0 Å². The highest BCUT2D eigenvalue weighted by molar-refractivity contribution is 4.87. The molecule has 2 aliphatic rings. The minimum atomic E-state index is -0.421. The Morgan fingerprint density at radius 1 is 1.33 bits per heavy atom. The molecule has 15 heavy (non-hydrogen) atoms. The third-order valence-corrected chi connectivity index (χ3v) is 3.86. The van der Waals surface area contributed by atoms with E-state index in [2.05, 4.69) is 11.9 Å². The maximum atomic E-state index is 10.4. The van der Waals surface area contributed by atoms with E-state index in [1.54, 1.807) is 0 Å². The van der Waals surface area contributed by atoms with E-state index in [1.807, 2.05) is 0 Å². The number of aliphatic hydroxyl groups is 1. The Kier molecular flexibility index (Phi) is 3.65. The second-order valence-corrected chi connectivity index (χ2v) is 5.22. The van der Waals surface area contributed by atoms with Gasteiger partial charge in [-0.25, -0.2) is 0 Å². The zero-order valence-corrected chi connectivity index (χ0v) is 9.74. The fourth-order valence-corrected chi connectivity index (χ4v) is 2.83. The summed E-state index contributed by atoms with van der Waals surface area (Å²) in [6.07, 6.45) is 6.73. The molecule has 0 aromatic rings. The normalized spacial score (nSPS) is 31.0. The lowest BCUT2D eigenvalue weighted by molar-refractivity contribution is -0.0297. The van der Waals surface area contributed by atoms with E-state index < -0.39 is 5.60 Å². The SMILES string of the molecule is CN(CC1(O)CCCCC1)C1CCOC1. The van der Waals surface area contributed by atoms with E-state index in [-0.39, 0.29) is 0 Å². The lowest BCUT2D eigenvalue weighted by atomic mass is 9.84. The predicted octanol–water partition coefficient (Wildman–Crippen LogP) is 1.40. The minimum absolute atomic E-state index is 0.421. The summed E-state index contributed by atoms with van der Waals surface area (Å²) in [5.41, 5.74) is -0.421. The van der Waals surface area contributed by atoms with Crippen LogP contribution in [0.3, 0.4) is 0 Å². The van der Waals surface area contributed by atoms with E-state index >= 15 is 0 Å². The van der Waals surface area contributed by atoms with Gasteiger partial charge in [-0.15, -0.1) is 0 Å². The molecule has 1 saturated heterocycles. The fraction of sp³-hybridized carbons (Fsp3) is 1.00. The quantitative estimate of drug-likeness (QED) is 0.769. The molecule has 0 spiro atoms. The third kappa shape index (κ3) is 2.92. The van der Waals surface area contributed by atoms with Gasteiger partial charge < -0.3 is 9.84 Å². The van der Waals surface area contributed by atoms with Crippen LogP contribution < -0.4 is 0 Å². The Labute approximate surface area is 92.4 Å². The molecular weight excluding hydrogens is 190 g/mol. The van der Waals surface area contributed by atoms with Crippen LogP contribution in [0.25, 0.3) is 0 Å². The molecule has 0 aromatic carbocycles. The fourth-order valence-electron chi connectivity index (χ4n) is 2.83. The van der Waals surface area contributed by atoms with Gasteiger partial charge in [-0.2, -0.15) is 0 Å². The highest BCUT2D eigenvalue weighted by atomic mass is 16.5. The predicted molar refractivity (Wildman–Crippen MR) is 59.9 cm³/mol. The molecule has 3 heteroatoms. The summed E-state index contributed by atoms with van der Waals surface area (Å²) in [5, 5.41) is 10.4. The van der Waals surface area contributed by atoms with Gasteiger partial charge in [-0.3, -0.25) is 4.90 Å². The van der Waals surface area contributed by atoms with E-state index in [4.69, 9.17) is 4.74 Å². The molecule has 3 nitrogen and oxygen atoms in total. The standard InChI is InChI=1S/C12H23NO2/c1-13(11-5-8-15-9-11)10-12(14)6-3-2-4-7-12/h11,14H,2-10H2,1H3. The van der Waals surface area contributed by atoms with Crippen LogP contribution in [-0.2, 0) is 4.74 Å². The highest BCUT2D eigenvalue weighted by Gasteiger charge is 2.33. The summed E-state index contributed by atoms with van der Waals surface area (Å²) in [6.45, 7) is 2.54. The number of nitrogens with zero attached hydrogens (tertiary/aromatic N) is 1. The summed E-state index contributed by atoms with van der Waals surface area (Å²) in [6, 6.07) is 0.524. The molecule has 0 bridgehead atoms. The number of rotatable bonds is 3. The van der Waals surface area contributed by atoms with Crippen molar-refractivity contribution in [2.24, 2.45) is 0 Å². The first-order valence-electron chi connectivity index (χ1n) is 6.20. The van der Waals surface area contributed by atoms with Gasteiger partial charge in [0.1, 0.15) is 0 Å². The van der Waals surface area contributed by atoms with Crippen molar-refractivity contribution >= 4 is 0 Å². The zero-order chi connectivity index (χ0) is 10.7. The number of likely N-dealkylation sites (N-methyl/N-ethyl adjacent to an activating group) is 1. The number of hydrogen-bond donors (Lipinski definition) is 1. The van der Waals surface area contributed by atoms with E-state index in [0.717, 1.165) is 39.0 Å². The highest BCUT2D eigenvalue weighted by Crippen LogP contribution is 2.29. The summed E-state index contributed by atoms with van der Waals surface area (Å²) in [7, 11) is 2.12. The van der Waals surface area contributed by atoms with Gasteiger partial charge in [-0.05, 0) is 26.3 Å². The van der Waals surface area contributed by atoms with Crippen molar-refractivity contribution in [3.05, 3.63) is 0 Å². The Bertz CT molecular complexity index is 196. The first-order chi connectivity index (χ1) is 7.20. The summed E-state index contributed by atoms with van der Waals surface area (Å²) < 4.78 is 5.38. The molecule has 1 heterocycles. The average Bonchev–Trinajstić information content (AvgIpc) is 2.70. The molecule has 0 amide bonds. The second-order valence-electron chi connectivity index (χ2n) is 5.22. The molecule has 1 aliphatic carbocycles. The van der Waals surface area contributed by atoms with Gasteiger partial charge in [-0.1, -0.05) is 19.3 Å². The van der Waals surface area contributed by atoms with Gasteiger partial charge in [0.05, 0.1) is 12.2 Å². The largest absolute Gasteiger partial charge is 0.389 e. The van der Waals surface area contributed by atoms with E-state index in [9.17, 15) is 5.11 Å². The molecule has 88 valence electrons. The Morgan fingerprint density at radius 3 is 2.67 bits per heavy atom. The maximum absolute atomic E-state index is 10.4. The van der Waals surface area contributed by atoms with Crippen LogP contribution in [0.2, 0.25) is 0 Å². The van der Waals surface area contributed by atoms with Gasteiger partial charge in [0, 0.05) is 19.2 Å². The maximum Gasteiger partial charge on any atom is 0.0774 e. The summed E-state index contributed by atoms with van der Waals surface area (Å²) in [5.74, 6) is 0. The van der Waals surface area contributed by atoms with Crippen molar-refractivity contribution < 1.29 is 9.84 Å². The number of ether oxygens (including phenoxy) is 1. The van der Waals surface area contributed by atoms with E-state index in [1.165, 1.54) is 19.3 Å². The smallest absolute Gasteiger partial charge is 0.0774 e. The average molecular weight is 213 g/mol. The van der Waals surface area contributed by atoms with Crippen molar-refractivity contribution in [2.75, 3.05) is 26.8 Å². The molecule has 0 radical (unpaired) electrons. The van der Waals surface area contributed by atoms with Crippen molar-refractivity contribution in [3.63, 3.8) is 0 Å². The lowest BCUT2D eigenvalue weighted by Gasteiger charge is -2.37. The lowest BCUT2D eigenvalue weighted by Crippen LogP contribution is -2.46. The molecule has 1 aliphatic heterocycles. The van der Waals surface area contributed by atoms with Gasteiger partial charge in [0.25, 0.3) is 0 Å². The van der Waals surface area contributed by atoms with Gasteiger partial charge in [0.2, 0.25) is 0 Å². The first-order valence-corrected chi connectivity index (χ1v) is 6.20. The second kappa shape index (κ2) is 4.81. The minimum Gasteiger partial charge on any atom is -0.389 e. The number of hydrogen-bond acceptors (Lipinski definition) is 3. The Balaban J connectivity index is 1.83. The van der Waals surface area contributed by atoms with Crippen LogP contribution in [0.4, 0.5) is 0 Å². The van der Waals surface area contributed by atoms with Crippen LogP contribution in [0.15, 0.2) is 0 Å². The summed E-state index contributed by atoms with van der Waals surface area (Å²) >= 11 is 0. The van der Waals surface area contributed by atoms with Crippen molar-refractivity contribution in [1.29, 1.82) is 0 Å². The molecule has 1 atom stereocenters. The molecule has 2 fully saturated rings. The monoisotopic (exact) mass is 213 g/mol. The van der Waals surface area contributed by atoms with Gasteiger partial charge in [0.15, 0.2) is 0 Å². The van der Waals surface area contributed by atoms with Crippen LogP contribution >= 0.6 is 0 Å². The third-order valence-electron chi connectivity index (χ3n) is 3.86. The van der Waals surface area contributed by atoms with Crippen LogP contribution in [-0.4, -0.2) is 48.5 Å². The Morgan fingerprint density at radius 2 is 2.07 bits per heavy atom. The first kappa shape index (κ1) is 11.4. The molecule has 0 aromatic heterocycles. The van der Waals surface area contributed by atoms with Crippen molar-refractivity contribution in [2.45, 2.75) is 50.2 Å². The summed E-state index contributed by atoms with van der Waals surface area (Å²) in [4.78, 5) is 2.29. The van der Waals surface area contributed by atoms with Crippen molar-refractivity contribution in [1.82, 2.24) is 4.90 Å². The topological polar surface area (TPSA) is 32.7 Å². The molecule has 2 rings (SSSR count).